The van der Waals surface area contributed by atoms with E-state index in [-0.39, 0.29) is 35.4 Å². The van der Waals surface area contributed by atoms with Crippen LogP contribution in [-0.4, -0.2) is 48.0 Å². The summed E-state index contributed by atoms with van der Waals surface area (Å²) >= 11 is 0. The second-order valence-electron chi connectivity index (χ2n) is 9.03. The molecule has 9 nitrogen and oxygen atoms in total. The van der Waals surface area contributed by atoms with Crippen molar-refractivity contribution in [2.75, 3.05) is 17.8 Å². The third-order valence-electron chi connectivity index (χ3n) is 6.69. The fourth-order valence-corrected chi connectivity index (χ4v) is 5.93. The number of aromatic nitrogens is 2. The van der Waals surface area contributed by atoms with E-state index in [1.807, 2.05) is 0 Å². The highest BCUT2D eigenvalue weighted by Crippen LogP contribution is 2.51. The van der Waals surface area contributed by atoms with Crippen LogP contribution >= 0.6 is 0 Å². The number of rotatable bonds is 7. The molecule has 14 heteroatoms. The van der Waals surface area contributed by atoms with Gasteiger partial charge < -0.3 is 4.74 Å². The maximum absolute atomic E-state index is 14.7. The summed E-state index contributed by atoms with van der Waals surface area (Å²) < 4.78 is 89.1. The number of nitrogens with one attached hydrogen (secondary N) is 1. The second-order valence-corrected chi connectivity index (χ2v) is 10.7. The van der Waals surface area contributed by atoms with Crippen LogP contribution in [-0.2, 0) is 16.8 Å². The monoisotopic (exact) mass is 537 g/mol. The van der Waals surface area contributed by atoms with Crippen LogP contribution in [0.4, 0.5) is 23.2 Å². The smallest absolute Gasteiger partial charge is 0.301 e. The average Bonchev–Trinajstić information content (AvgIpc) is 2.81. The first-order valence-electron chi connectivity index (χ1n) is 11.1. The van der Waals surface area contributed by atoms with E-state index in [0.29, 0.717) is 12.8 Å². The average molecular weight is 537 g/mol. The van der Waals surface area contributed by atoms with Crippen molar-refractivity contribution in [1.82, 2.24) is 13.9 Å². The Morgan fingerprint density at radius 1 is 1.27 bits per heavy atom. The molecular weight excluding hydrogens is 518 g/mol. The number of nitriles is 1. The van der Waals surface area contributed by atoms with Gasteiger partial charge in [-0.05, 0) is 43.2 Å². The molecule has 1 N–H and O–H groups in total. The predicted molar refractivity (Wildman–Crippen MR) is 124 cm³/mol. The number of fused-ring (bicyclic) bond motifs is 1. The summed E-state index contributed by atoms with van der Waals surface area (Å²) in [4.78, 5) is 16.5. The molecule has 1 saturated heterocycles. The molecule has 5 rings (SSSR count). The Bertz CT molecular complexity index is 1600. The second kappa shape index (κ2) is 9.00. The van der Waals surface area contributed by atoms with Gasteiger partial charge in [0.1, 0.15) is 23.6 Å². The minimum absolute atomic E-state index is 0.00412. The van der Waals surface area contributed by atoms with Crippen LogP contribution in [0.2, 0.25) is 0 Å². The van der Waals surface area contributed by atoms with E-state index < -0.39 is 57.5 Å². The minimum Gasteiger partial charge on any atom is -0.453 e. The highest BCUT2D eigenvalue weighted by molar-refractivity contribution is 7.90. The summed E-state index contributed by atoms with van der Waals surface area (Å²) in [6.07, 6.45) is -1.88. The van der Waals surface area contributed by atoms with Gasteiger partial charge in [-0.15, -0.1) is 0 Å². The molecule has 0 amide bonds. The molecule has 2 aliphatic rings. The van der Waals surface area contributed by atoms with Crippen LogP contribution in [0.5, 0.6) is 11.5 Å². The fraction of sp³-hybridized carbons (Fsp3) is 0.348. The van der Waals surface area contributed by atoms with Gasteiger partial charge in [0.15, 0.2) is 11.6 Å². The molecule has 0 radical (unpaired) electrons. The van der Waals surface area contributed by atoms with Crippen molar-refractivity contribution in [3.05, 3.63) is 58.4 Å². The van der Waals surface area contributed by atoms with Crippen LogP contribution in [0.25, 0.3) is 10.9 Å². The van der Waals surface area contributed by atoms with Gasteiger partial charge in [-0.3, -0.25) is 14.1 Å². The summed E-state index contributed by atoms with van der Waals surface area (Å²) in [7, 11) is -4.16. The zero-order valence-corrected chi connectivity index (χ0v) is 19.8. The topological polar surface area (TPSA) is 117 Å². The largest absolute Gasteiger partial charge is 0.453 e. The van der Waals surface area contributed by atoms with Crippen LogP contribution < -0.4 is 15.0 Å². The predicted octanol–water partition coefficient (Wildman–Crippen LogP) is 3.56. The minimum atomic E-state index is -4.16. The van der Waals surface area contributed by atoms with E-state index in [4.69, 9.17) is 4.74 Å². The van der Waals surface area contributed by atoms with E-state index in [1.54, 1.807) is 6.07 Å². The van der Waals surface area contributed by atoms with Gasteiger partial charge in [-0.1, -0.05) is 0 Å². The molecule has 1 saturated carbocycles. The quantitative estimate of drug-likeness (QED) is 0.461. The zero-order chi connectivity index (χ0) is 26.5. The molecule has 2 heterocycles. The number of alkyl halides is 3. The molecule has 3 aromatic rings. The Labute approximate surface area is 208 Å². The highest BCUT2D eigenvalue weighted by atomic mass is 32.2. The van der Waals surface area contributed by atoms with Crippen molar-refractivity contribution in [2.45, 2.75) is 32.0 Å². The van der Waals surface area contributed by atoms with Gasteiger partial charge in [-0.2, -0.15) is 18.0 Å². The Balaban J connectivity index is 1.43. The van der Waals surface area contributed by atoms with Gasteiger partial charge in [0, 0.05) is 18.5 Å². The number of nitrogens with zero attached hydrogens (tertiary/aromatic N) is 4. The lowest BCUT2D eigenvalue weighted by atomic mass is 9.63. The normalized spacial score (nSPS) is 18.9. The summed E-state index contributed by atoms with van der Waals surface area (Å²) in [5.74, 6) is -1.71. The first kappa shape index (κ1) is 25.0. The lowest BCUT2D eigenvalue weighted by molar-refractivity contribution is -0.0889. The van der Waals surface area contributed by atoms with E-state index in [1.165, 1.54) is 12.1 Å². The molecule has 0 bridgehead atoms. The van der Waals surface area contributed by atoms with Gasteiger partial charge in [-0.25, -0.2) is 22.5 Å². The molecule has 2 aromatic carbocycles. The van der Waals surface area contributed by atoms with Gasteiger partial charge in [0.05, 0.1) is 29.5 Å². The standard InChI is InChI=1S/C23H19F4N5O4S/c24-16-2-4-18(30-37(34,35)32-10-23(11-32)6-5-19(23)25)15(8-28)21(16)36-13-1-3-17-14(7-13)22(33)31(12-29-17)9-20(26)27/h1-4,7,12,19-20,30H,5-6,9-11H2/t19-/m1/s1. The summed E-state index contributed by atoms with van der Waals surface area (Å²) in [6.45, 7) is -0.860. The van der Waals surface area contributed by atoms with Crippen LogP contribution in [0.3, 0.4) is 0 Å². The van der Waals surface area contributed by atoms with Crippen LogP contribution in [0, 0.1) is 22.6 Å². The fourth-order valence-electron chi connectivity index (χ4n) is 4.50. The molecule has 2 fully saturated rings. The summed E-state index contributed by atoms with van der Waals surface area (Å²) in [5.41, 5.74) is -1.98. The van der Waals surface area contributed by atoms with E-state index in [9.17, 15) is 36.0 Å². The summed E-state index contributed by atoms with van der Waals surface area (Å²) in [6, 6.07) is 7.52. The van der Waals surface area contributed by atoms with Crippen LogP contribution in [0.1, 0.15) is 18.4 Å². The highest BCUT2D eigenvalue weighted by Gasteiger charge is 2.58. The molecule has 37 heavy (non-hydrogen) atoms. The Kier molecular flexibility index (Phi) is 6.07. The third-order valence-corrected chi connectivity index (χ3v) is 8.11. The number of halogens is 4. The SMILES string of the molecule is N#Cc1c(NS(=O)(=O)N2CC3(CC[C@H]3F)C2)ccc(F)c1Oc1ccc2ncn(CC(F)F)c(=O)c2c1. The van der Waals surface area contributed by atoms with E-state index in [0.717, 1.165) is 33.4 Å². The van der Waals surface area contributed by atoms with Crippen molar-refractivity contribution >= 4 is 26.8 Å². The number of hydrogen-bond acceptors (Lipinski definition) is 6. The number of benzene rings is 2. The lowest BCUT2D eigenvalue weighted by Crippen LogP contribution is -2.67. The Morgan fingerprint density at radius 3 is 2.65 bits per heavy atom. The molecule has 194 valence electrons. The van der Waals surface area contributed by atoms with Crippen molar-refractivity contribution in [2.24, 2.45) is 5.41 Å². The molecule has 0 unspecified atom stereocenters. The molecule has 1 aromatic heterocycles. The van der Waals surface area contributed by atoms with Gasteiger partial charge in [0.25, 0.3) is 12.0 Å². The van der Waals surface area contributed by atoms with Crippen LogP contribution in [0.15, 0.2) is 41.5 Å². The maximum Gasteiger partial charge on any atom is 0.301 e. The summed E-state index contributed by atoms with van der Waals surface area (Å²) in [5, 5.41) is 9.60. The first-order chi connectivity index (χ1) is 17.5. The number of anilines is 1. The Morgan fingerprint density at radius 2 is 2.03 bits per heavy atom. The van der Waals surface area contributed by atoms with Crippen molar-refractivity contribution < 1.29 is 30.7 Å². The first-order valence-corrected chi connectivity index (χ1v) is 12.6. The van der Waals surface area contributed by atoms with Crippen molar-refractivity contribution in [1.29, 1.82) is 5.26 Å². The van der Waals surface area contributed by atoms with Gasteiger partial charge in [0.2, 0.25) is 0 Å². The van der Waals surface area contributed by atoms with E-state index in [2.05, 4.69) is 9.71 Å². The third kappa shape index (κ3) is 4.38. The lowest BCUT2D eigenvalue weighted by Gasteiger charge is -2.56. The van der Waals surface area contributed by atoms with E-state index >= 15 is 0 Å². The molecule has 1 aliphatic carbocycles. The molecule has 1 spiro atoms. The molecular formula is C23H19F4N5O4S. The molecule has 1 atom stereocenters. The van der Waals surface area contributed by atoms with Gasteiger partial charge >= 0.3 is 10.2 Å². The zero-order valence-electron chi connectivity index (χ0n) is 19.0. The molecule has 1 aliphatic heterocycles. The maximum atomic E-state index is 14.7. The Hall–Kier alpha value is -3.70. The van der Waals surface area contributed by atoms with Crippen molar-refractivity contribution in [3.63, 3.8) is 0 Å². The number of hydrogen-bond donors (Lipinski definition) is 1. The van der Waals surface area contributed by atoms with Crippen molar-refractivity contribution in [3.8, 4) is 17.6 Å². The number of ether oxygens (including phenoxy) is 1.